The van der Waals surface area contributed by atoms with Gasteiger partial charge in [0.15, 0.2) is 0 Å². The number of aliphatic carboxylic acids is 1. The highest BCUT2D eigenvalue weighted by atomic mass is 16.5. The summed E-state index contributed by atoms with van der Waals surface area (Å²) in [6.07, 6.45) is -0.0923. The number of methoxy groups -OCH3 is 1. The molecule has 0 aliphatic rings. The molecule has 114 valence electrons. The number of anilines is 1. The highest BCUT2D eigenvalue weighted by Crippen LogP contribution is 2.22. The Labute approximate surface area is 120 Å². The summed E-state index contributed by atoms with van der Waals surface area (Å²) in [4.78, 5) is 33.2. The number of rotatable bonds is 7. The Bertz CT molecular complexity index is 558. The van der Waals surface area contributed by atoms with Crippen molar-refractivity contribution < 1.29 is 29.3 Å². The zero-order valence-electron chi connectivity index (χ0n) is 11.3. The molecule has 0 fully saturated rings. The summed E-state index contributed by atoms with van der Waals surface area (Å²) in [6.45, 7) is 0. The van der Waals surface area contributed by atoms with Crippen LogP contribution in [0.25, 0.3) is 0 Å². The van der Waals surface area contributed by atoms with Gasteiger partial charge in [0.25, 0.3) is 0 Å². The van der Waals surface area contributed by atoms with Crippen LogP contribution in [0.15, 0.2) is 18.2 Å². The average Bonchev–Trinajstić information content (AvgIpc) is 2.44. The molecule has 5 N–H and O–H groups in total. The van der Waals surface area contributed by atoms with Gasteiger partial charge in [-0.1, -0.05) is 0 Å². The number of nitrogens with two attached hydrogens (primary N) is 1. The van der Waals surface area contributed by atoms with Gasteiger partial charge in [-0.25, -0.2) is 4.79 Å². The lowest BCUT2D eigenvalue weighted by Gasteiger charge is -2.10. The number of nitrogens with one attached hydrogen (secondary N) is 1. The quantitative estimate of drug-likeness (QED) is 0.575. The Morgan fingerprint density at radius 3 is 2.52 bits per heavy atom. The van der Waals surface area contributed by atoms with E-state index in [4.69, 9.17) is 20.7 Å². The zero-order chi connectivity index (χ0) is 16.0. The molecule has 0 saturated carbocycles. The van der Waals surface area contributed by atoms with Gasteiger partial charge < -0.3 is 26.0 Å². The lowest BCUT2D eigenvalue weighted by Crippen LogP contribution is -2.31. The molecule has 21 heavy (non-hydrogen) atoms. The Morgan fingerprint density at radius 2 is 2.00 bits per heavy atom. The number of benzene rings is 1. The van der Waals surface area contributed by atoms with Crippen LogP contribution < -0.4 is 15.8 Å². The molecule has 0 spiro atoms. The zero-order valence-corrected chi connectivity index (χ0v) is 11.3. The van der Waals surface area contributed by atoms with E-state index in [2.05, 4.69) is 5.32 Å². The van der Waals surface area contributed by atoms with E-state index in [0.29, 0.717) is 0 Å². The largest absolute Gasteiger partial charge is 0.496 e. The lowest BCUT2D eigenvalue weighted by atomic mass is 10.1. The molecule has 0 unspecified atom stereocenters. The Kier molecular flexibility index (Phi) is 5.67. The molecule has 8 nitrogen and oxygen atoms in total. The molecule has 0 aliphatic carbocycles. The maximum Gasteiger partial charge on any atom is 0.339 e. The first kappa shape index (κ1) is 16.4. The Hall–Kier alpha value is -2.61. The number of hydrogen-bond acceptors (Lipinski definition) is 5. The van der Waals surface area contributed by atoms with Crippen molar-refractivity contribution in [3.63, 3.8) is 0 Å². The second-order valence-corrected chi connectivity index (χ2v) is 4.25. The molecule has 1 aromatic rings. The van der Waals surface area contributed by atoms with Crippen molar-refractivity contribution in [3.05, 3.63) is 23.8 Å². The van der Waals surface area contributed by atoms with E-state index in [0.717, 1.165) is 0 Å². The van der Waals surface area contributed by atoms with E-state index in [1.807, 2.05) is 0 Å². The summed E-state index contributed by atoms with van der Waals surface area (Å²) >= 11 is 0. The third-order valence-corrected chi connectivity index (χ3v) is 2.71. The first-order valence-electron chi connectivity index (χ1n) is 6.04. The molecule has 1 amide bonds. The van der Waals surface area contributed by atoms with Gasteiger partial charge in [-0.15, -0.1) is 0 Å². The smallest absolute Gasteiger partial charge is 0.339 e. The molecule has 1 atom stereocenters. The first-order chi connectivity index (χ1) is 9.85. The number of carboxylic acid groups (broad SMARTS) is 2. The molecular formula is C13H16N2O6. The van der Waals surface area contributed by atoms with E-state index in [9.17, 15) is 14.4 Å². The normalized spacial score (nSPS) is 11.5. The molecule has 8 heteroatoms. The van der Waals surface area contributed by atoms with Crippen LogP contribution in [0.2, 0.25) is 0 Å². The number of carbonyl (C=O) groups is 3. The predicted molar refractivity (Wildman–Crippen MR) is 73.4 cm³/mol. The standard InChI is InChI=1S/C13H16N2O6/c1-21-10-4-2-7(6-8(10)12(17)18)15-11(16)5-3-9(14)13(19)20/h2,4,6,9H,3,5,14H2,1H3,(H,15,16)(H,17,18)(H,19,20)/t9-/m0/s1. The van der Waals surface area contributed by atoms with E-state index in [1.54, 1.807) is 0 Å². The molecule has 0 aliphatic heterocycles. The third-order valence-electron chi connectivity index (χ3n) is 2.71. The van der Waals surface area contributed by atoms with Crippen LogP contribution in [-0.4, -0.2) is 41.2 Å². The summed E-state index contributed by atoms with van der Waals surface area (Å²) in [6, 6.07) is 3.06. The first-order valence-corrected chi connectivity index (χ1v) is 6.04. The Morgan fingerprint density at radius 1 is 1.33 bits per heavy atom. The van der Waals surface area contributed by atoms with E-state index >= 15 is 0 Å². The van der Waals surface area contributed by atoms with Crippen LogP contribution in [0.5, 0.6) is 5.75 Å². The van der Waals surface area contributed by atoms with Gasteiger partial charge in [0, 0.05) is 12.1 Å². The van der Waals surface area contributed by atoms with E-state index in [1.165, 1.54) is 25.3 Å². The molecule has 0 heterocycles. The molecule has 1 aromatic carbocycles. The van der Waals surface area contributed by atoms with Crippen LogP contribution in [0.4, 0.5) is 5.69 Å². The van der Waals surface area contributed by atoms with Gasteiger partial charge in [-0.2, -0.15) is 0 Å². The maximum absolute atomic E-state index is 11.6. The van der Waals surface area contributed by atoms with Crippen LogP contribution in [0, 0.1) is 0 Å². The number of amides is 1. The predicted octanol–water partition coefficient (Wildman–Crippen LogP) is 0.524. The van der Waals surface area contributed by atoms with Gasteiger partial charge >= 0.3 is 11.9 Å². The van der Waals surface area contributed by atoms with Gasteiger partial charge in [0.1, 0.15) is 17.4 Å². The van der Waals surface area contributed by atoms with Gasteiger partial charge in [0.2, 0.25) is 5.91 Å². The molecule has 0 bridgehead atoms. The van der Waals surface area contributed by atoms with Crippen molar-refractivity contribution in [3.8, 4) is 5.75 Å². The van der Waals surface area contributed by atoms with Crippen molar-refractivity contribution in [2.45, 2.75) is 18.9 Å². The Balaban J connectivity index is 2.70. The maximum atomic E-state index is 11.6. The van der Waals surface area contributed by atoms with Crippen LogP contribution in [-0.2, 0) is 9.59 Å². The fraction of sp³-hybridized carbons (Fsp3) is 0.308. The minimum absolute atomic E-state index is 0.0108. The highest BCUT2D eigenvalue weighted by Gasteiger charge is 2.15. The van der Waals surface area contributed by atoms with Crippen molar-refractivity contribution in [2.24, 2.45) is 5.73 Å². The molecule has 0 radical (unpaired) electrons. The highest BCUT2D eigenvalue weighted by molar-refractivity contribution is 5.95. The summed E-state index contributed by atoms with van der Waals surface area (Å²) < 4.78 is 4.90. The fourth-order valence-electron chi connectivity index (χ4n) is 1.59. The summed E-state index contributed by atoms with van der Waals surface area (Å²) in [5, 5.41) is 20.1. The van der Waals surface area contributed by atoms with Gasteiger partial charge in [-0.05, 0) is 24.6 Å². The van der Waals surface area contributed by atoms with Crippen molar-refractivity contribution in [1.29, 1.82) is 0 Å². The van der Waals surface area contributed by atoms with Crippen LogP contribution in [0.3, 0.4) is 0 Å². The minimum atomic E-state index is -1.18. The summed E-state index contributed by atoms with van der Waals surface area (Å²) in [5.74, 6) is -2.64. The van der Waals surface area contributed by atoms with E-state index in [-0.39, 0.29) is 29.8 Å². The average molecular weight is 296 g/mol. The van der Waals surface area contributed by atoms with Crippen LogP contribution >= 0.6 is 0 Å². The second-order valence-electron chi connectivity index (χ2n) is 4.25. The topological polar surface area (TPSA) is 139 Å². The van der Waals surface area contributed by atoms with Gasteiger partial charge in [-0.3, -0.25) is 9.59 Å². The number of carbonyl (C=O) groups excluding carboxylic acids is 1. The second kappa shape index (κ2) is 7.25. The van der Waals surface area contributed by atoms with E-state index < -0.39 is 23.9 Å². The summed E-state index contributed by atoms with van der Waals surface area (Å²) in [5.41, 5.74) is 5.48. The number of hydrogen-bond donors (Lipinski definition) is 4. The van der Waals surface area contributed by atoms with Crippen molar-refractivity contribution >= 4 is 23.5 Å². The molecule has 0 aromatic heterocycles. The number of carboxylic acids is 2. The van der Waals surface area contributed by atoms with Crippen molar-refractivity contribution in [1.82, 2.24) is 0 Å². The SMILES string of the molecule is COc1ccc(NC(=O)CC[C@H](N)C(=O)O)cc1C(=O)O. The lowest BCUT2D eigenvalue weighted by molar-refractivity contribution is -0.138. The van der Waals surface area contributed by atoms with Crippen LogP contribution in [0.1, 0.15) is 23.2 Å². The third kappa shape index (κ3) is 4.77. The monoisotopic (exact) mass is 296 g/mol. The number of aromatic carboxylic acids is 1. The fourth-order valence-corrected chi connectivity index (χ4v) is 1.59. The molecule has 1 rings (SSSR count). The molecular weight excluding hydrogens is 280 g/mol. The molecule has 0 saturated heterocycles. The number of ether oxygens (including phenoxy) is 1. The van der Waals surface area contributed by atoms with Gasteiger partial charge in [0.05, 0.1) is 7.11 Å². The minimum Gasteiger partial charge on any atom is -0.496 e. The summed E-state index contributed by atoms with van der Waals surface area (Å²) in [7, 11) is 1.34. The van der Waals surface area contributed by atoms with Crippen molar-refractivity contribution in [2.75, 3.05) is 12.4 Å².